The Labute approximate surface area is 221 Å². The van der Waals surface area contributed by atoms with Crippen LogP contribution in [0, 0.1) is 6.92 Å². The van der Waals surface area contributed by atoms with Crippen molar-refractivity contribution < 1.29 is 9.53 Å². The van der Waals surface area contributed by atoms with Gasteiger partial charge in [-0.2, -0.15) is 0 Å². The number of aliphatic imine (C=N–C) groups is 1. The number of carbonyl (C=O) groups is 1. The van der Waals surface area contributed by atoms with Crippen molar-refractivity contribution in [3.63, 3.8) is 0 Å². The lowest BCUT2D eigenvalue weighted by Crippen LogP contribution is -2.38. The average Bonchev–Trinajstić information content (AvgIpc) is 3.62. The van der Waals surface area contributed by atoms with E-state index in [0.717, 1.165) is 86.4 Å². The third kappa shape index (κ3) is 4.99. The van der Waals surface area contributed by atoms with Gasteiger partial charge in [0.15, 0.2) is 0 Å². The number of morpholine rings is 1. The number of pyridine rings is 2. The Morgan fingerprint density at radius 2 is 2.05 bits per heavy atom. The van der Waals surface area contributed by atoms with Crippen molar-refractivity contribution in [1.29, 1.82) is 0 Å². The largest absolute Gasteiger partial charge is 0.379 e. The summed E-state index contributed by atoms with van der Waals surface area (Å²) >= 11 is 0. The molecule has 2 saturated heterocycles. The summed E-state index contributed by atoms with van der Waals surface area (Å²) in [6.45, 7) is 6.62. The molecule has 0 bridgehead atoms. The van der Waals surface area contributed by atoms with Crippen LogP contribution < -0.4 is 15.8 Å². The van der Waals surface area contributed by atoms with Crippen molar-refractivity contribution in [2.75, 3.05) is 43.1 Å². The molecule has 2 fully saturated rings. The molecule has 9 heteroatoms. The number of nitrogens with zero attached hydrogens (tertiary/aromatic N) is 4. The van der Waals surface area contributed by atoms with Gasteiger partial charge in [0.2, 0.25) is 5.56 Å². The second-order valence-electron chi connectivity index (χ2n) is 10.2. The lowest BCUT2D eigenvalue weighted by atomic mass is 10.1. The minimum atomic E-state index is -0.199. The summed E-state index contributed by atoms with van der Waals surface area (Å²) in [6.07, 6.45) is 8.73. The average molecular weight is 513 g/mol. The number of H-pyrrole nitrogens is 1. The van der Waals surface area contributed by atoms with E-state index in [1.54, 1.807) is 6.07 Å². The predicted octanol–water partition coefficient (Wildman–Crippen LogP) is 3.64. The summed E-state index contributed by atoms with van der Waals surface area (Å²) in [6, 6.07) is 9.25. The van der Waals surface area contributed by atoms with E-state index in [2.05, 4.69) is 31.2 Å². The van der Waals surface area contributed by atoms with Crippen LogP contribution in [-0.2, 0) is 11.3 Å². The van der Waals surface area contributed by atoms with E-state index in [4.69, 9.17) is 9.72 Å². The van der Waals surface area contributed by atoms with E-state index in [9.17, 15) is 9.59 Å². The second-order valence-corrected chi connectivity index (χ2v) is 10.2. The zero-order valence-corrected chi connectivity index (χ0v) is 21.6. The Bertz CT molecular complexity index is 1490. The fourth-order valence-corrected chi connectivity index (χ4v) is 5.66. The fourth-order valence-electron chi connectivity index (χ4n) is 5.66. The molecule has 2 aromatic heterocycles. The van der Waals surface area contributed by atoms with Crippen LogP contribution in [0.2, 0.25) is 0 Å². The van der Waals surface area contributed by atoms with Gasteiger partial charge in [0.05, 0.1) is 24.8 Å². The van der Waals surface area contributed by atoms with E-state index in [-0.39, 0.29) is 17.5 Å². The number of hydrogen-bond acceptors (Lipinski definition) is 7. The number of fused-ring (bicyclic) bond motifs is 1. The molecule has 1 aromatic carbocycles. The Balaban J connectivity index is 1.33. The van der Waals surface area contributed by atoms with Crippen LogP contribution >= 0.6 is 0 Å². The highest BCUT2D eigenvalue weighted by atomic mass is 16.5. The number of allylic oxidation sites excluding steroid dienone is 1. The summed E-state index contributed by atoms with van der Waals surface area (Å²) in [7, 11) is 0. The molecule has 9 nitrogen and oxygen atoms in total. The van der Waals surface area contributed by atoms with Crippen LogP contribution in [-0.4, -0.2) is 65.4 Å². The van der Waals surface area contributed by atoms with Gasteiger partial charge >= 0.3 is 0 Å². The van der Waals surface area contributed by atoms with Crippen molar-refractivity contribution in [3.8, 4) is 0 Å². The van der Waals surface area contributed by atoms with Gasteiger partial charge in [0.1, 0.15) is 5.82 Å². The van der Waals surface area contributed by atoms with Gasteiger partial charge in [-0.15, -0.1) is 0 Å². The number of rotatable bonds is 6. The lowest BCUT2D eigenvalue weighted by molar-refractivity contribution is 0.0341. The van der Waals surface area contributed by atoms with Crippen molar-refractivity contribution in [3.05, 3.63) is 75.8 Å². The minimum Gasteiger partial charge on any atom is -0.379 e. The number of carbonyl (C=O) groups excluding carboxylic acids is 1. The maximum Gasteiger partial charge on any atom is 0.259 e. The first kappa shape index (κ1) is 24.5. The number of hydrogen-bond donors (Lipinski definition) is 2. The van der Waals surface area contributed by atoms with Crippen LogP contribution in [0.4, 0.5) is 11.5 Å². The van der Waals surface area contributed by atoms with E-state index in [0.29, 0.717) is 17.1 Å². The third-order valence-electron chi connectivity index (χ3n) is 7.57. The molecule has 0 aliphatic carbocycles. The summed E-state index contributed by atoms with van der Waals surface area (Å²) in [5, 5.41) is 3.99. The Morgan fingerprint density at radius 3 is 2.87 bits per heavy atom. The highest BCUT2D eigenvalue weighted by molar-refractivity contribution is 6.09. The molecular weight excluding hydrogens is 480 g/mol. The molecule has 5 heterocycles. The van der Waals surface area contributed by atoms with Crippen molar-refractivity contribution in [1.82, 2.24) is 14.9 Å². The monoisotopic (exact) mass is 512 g/mol. The van der Waals surface area contributed by atoms with Gasteiger partial charge in [-0.05, 0) is 55.2 Å². The van der Waals surface area contributed by atoms with Crippen molar-refractivity contribution in [2.24, 2.45) is 4.99 Å². The first-order valence-corrected chi connectivity index (χ1v) is 13.3. The van der Waals surface area contributed by atoms with Crippen LogP contribution in [0.15, 0.2) is 58.6 Å². The van der Waals surface area contributed by atoms with Crippen molar-refractivity contribution in [2.45, 2.75) is 38.8 Å². The fraction of sp³-hybridized carbons (Fsp3) is 0.379. The maximum atomic E-state index is 13.8. The number of anilines is 2. The molecular formula is C29H32N6O3. The van der Waals surface area contributed by atoms with Gasteiger partial charge < -0.3 is 19.9 Å². The highest BCUT2D eigenvalue weighted by Gasteiger charge is 2.33. The van der Waals surface area contributed by atoms with Crippen LogP contribution in [0.25, 0.3) is 10.9 Å². The zero-order valence-electron chi connectivity index (χ0n) is 21.6. The zero-order chi connectivity index (χ0) is 26.1. The summed E-state index contributed by atoms with van der Waals surface area (Å²) in [5.41, 5.74) is 4.84. The van der Waals surface area contributed by atoms with E-state index < -0.39 is 0 Å². The quantitative estimate of drug-likeness (QED) is 0.523. The number of aryl methyl sites for hydroxylation is 1. The first-order chi connectivity index (χ1) is 18.5. The molecule has 0 radical (unpaired) electrons. The number of aromatic nitrogens is 2. The smallest absolute Gasteiger partial charge is 0.259 e. The second kappa shape index (κ2) is 10.5. The Morgan fingerprint density at radius 1 is 1.18 bits per heavy atom. The Hall–Kier alpha value is -3.82. The van der Waals surface area contributed by atoms with Gasteiger partial charge in [0.25, 0.3) is 5.91 Å². The van der Waals surface area contributed by atoms with Crippen molar-refractivity contribution >= 4 is 34.0 Å². The highest BCUT2D eigenvalue weighted by Crippen LogP contribution is 2.31. The number of ether oxygens (including phenoxy) is 1. The maximum absolute atomic E-state index is 13.8. The summed E-state index contributed by atoms with van der Waals surface area (Å²) in [5.74, 6) is 0.501. The van der Waals surface area contributed by atoms with Crippen LogP contribution in [0.5, 0.6) is 0 Å². The molecule has 1 amide bonds. The number of amides is 1. The minimum absolute atomic E-state index is 0.137. The standard InChI is InChI=1S/C29H32N6O3/c1-19-14-27(36)33-24-7-6-21(16-22(19)24)32-29(37)23-15-20(18-34-10-12-38-13-11-34)17-31-28(23)35-9-3-5-26(35)25-4-2-8-30-25/h2,6-8,14-17,26H,3-5,9-13,18H2,1H3,(H,32,37)(H,33,36). The lowest BCUT2D eigenvalue weighted by Gasteiger charge is -2.29. The predicted molar refractivity (Wildman–Crippen MR) is 149 cm³/mol. The third-order valence-corrected chi connectivity index (χ3v) is 7.57. The molecule has 3 aliphatic heterocycles. The molecule has 6 rings (SSSR count). The summed E-state index contributed by atoms with van der Waals surface area (Å²) < 4.78 is 5.49. The van der Waals surface area contributed by atoms with Gasteiger partial charge in [-0.1, -0.05) is 6.08 Å². The molecule has 38 heavy (non-hydrogen) atoms. The molecule has 3 aliphatic rings. The molecule has 1 atom stereocenters. The molecule has 2 N–H and O–H groups in total. The topological polar surface area (TPSA) is 103 Å². The van der Waals surface area contributed by atoms with Gasteiger partial charge in [0, 0.05) is 73.4 Å². The normalized spacial score (nSPS) is 19.8. The molecule has 1 unspecified atom stereocenters. The first-order valence-electron chi connectivity index (χ1n) is 13.3. The molecule has 0 saturated carbocycles. The molecule has 0 spiro atoms. The van der Waals surface area contributed by atoms with Gasteiger partial charge in [-0.25, -0.2) is 4.98 Å². The van der Waals surface area contributed by atoms with E-state index in [1.807, 2.05) is 43.6 Å². The SMILES string of the molecule is Cc1cc(=O)[nH]c2ccc(NC(=O)c3cc(CN4CCOCC4)cnc3N3CCCC3C3=NC=CC3)cc12. The number of benzene rings is 1. The van der Waals surface area contributed by atoms with E-state index >= 15 is 0 Å². The molecule has 3 aromatic rings. The number of nitrogens with one attached hydrogen (secondary N) is 2. The molecule has 196 valence electrons. The van der Waals surface area contributed by atoms with Crippen LogP contribution in [0.3, 0.4) is 0 Å². The van der Waals surface area contributed by atoms with Gasteiger partial charge in [-0.3, -0.25) is 19.5 Å². The number of aromatic amines is 1. The summed E-state index contributed by atoms with van der Waals surface area (Å²) in [4.78, 5) is 42.6. The van der Waals surface area contributed by atoms with E-state index in [1.165, 1.54) is 0 Å². The van der Waals surface area contributed by atoms with Crippen LogP contribution in [0.1, 0.15) is 40.7 Å². The Kier molecular flexibility index (Phi) is 6.78.